The van der Waals surface area contributed by atoms with Gasteiger partial charge in [-0.2, -0.15) is 0 Å². The van der Waals surface area contributed by atoms with E-state index in [0.29, 0.717) is 31.3 Å². The SMILES string of the molecule is CCC(=O)NCC1CCC(CNC(=O)NCc2ccc(F)cc2)CC1. The molecule has 138 valence electrons. The summed E-state index contributed by atoms with van der Waals surface area (Å²) in [5, 5.41) is 8.66. The van der Waals surface area contributed by atoms with E-state index in [1.54, 1.807) is 12.1 Å². The number of nitrogens with one attached hydrogen (secondary N) is 3. The number of halogens is 1. The molecule has 1 saturated carbocycles. The number of carbonyl (C=O) groups excluding carboxylic acids is 2. The van der Waals surface area contributed by atoms with E-state index in [0.717, 1.165) is 37.8 Å². The molecule has 1 fully saturated rings. The molecule has 0 aliphatic heterocycles. The second kappa shape index (κ2) is 10.0. The molecule has 3 N–H and O–H groups in total. The van der Waals surface area contributed by atoms with Crippen LogP contribution in [0.25, 0.3) is 0 Å². The first kappa shape index (κ1) is 19.2. The fourth-order valence-corrected chi connectivity index (χ4v) is 3.11. The normalized spacial score (nSPS) is 19.9. The Morgan fingerprint density at radius 2 is 1.52 bits per heavy atom. The molecular weight excluding hydrogens is 321 g/mol. The van der Waals surface area contributed by atoms with Crippen LogP contribution in [0.15, 0.2) is 24.3 Å². The zero-order valence-corrected chi connectivity index (χ0v) is 14.8. The minimum atomic E-state index is -0.280. The summed E-state index contributed by atoms with van der Waals surface area (Å²) in [6.45, 7) is 3.68. The molecule has 1 aliphatic carbocycles. The van der Waals surface area contributed by atoms with Crippen LogP contribution in [0.3, 0.4) is 0 Å². The van der Waals surface area contributed by atoms with E-state index in [1.165, 1.54) is 12.1 Å². The molecule has 1 aromatic rings. The molecule has 1 aliphatic rings. The molecule has 0 heterocycles. The molecule has 0 radical (unpaired) electrons. The predicted molar refractivity (Wildman–Crippen MR) is 95.4 cm³/mol. The van der Waals surface area contributed by atoms with Crippen molar-refractivity contribution in [2.45, 2.75) is 45.6 Å². The van der Waals surface area contributed by atoms with Crippen LogP contribution >= 0.6 is 0 Å². The Hall–Kier alpha value is -2.11. The summed E-state index contributed by atoms with van der Waals surface area (Å²) in [4.78, 5) is 23.1. The van der Waals surface area contributed by atoms with Crippen molar-refractivity contribution in [1.82, 2.24) is 16.0 Å². The van der Waals surface area contributed by atoms with Gasteiger partial charge in [0, 0.05) is 26.1 Å². The highest BCUT2D eigenvalue weighted by molar-refractivity contribution is 5.75. The minimum absolute atomic E-state index is 0.113. The number of amides is 3. The monoisotopic (exact) mass is 349 g/mol. The van der Waals surface area contributed by atoms with Crippen molar-refractivity contribution in [2.75, 3.05) is 13.1 Å². The fourth-order valence-electron chi connectivity index (χ4n) is 3.11. The summed E-state index contributed by atoms with van der Waals surface area (Å²) in [5.74, 6) is 0.883. The Morgan fingerprint density at radius 1 is 0.960 bits per heavy atom. The van der Waals surface area contributed by atoms with E-state index in [9.17, 15) is 14.0 Å². The first-order valence-electron chi connectivity index (χ1n) is 9.09. The van der Waals surface area contributed by atoms with Gasteiger partial charge in [0.1, 0.15) is 5.82 Å². The summed E-state index contributed by atoms with van der Waals surface area (Å²) in [6, 6.07) is 5.90. The lowest BCUT2D eigenvalue weighted by Crippen LogP contribution is -2.39. The Labute approximate surface area is 148 Å². The van der Waals surface area contributed by atoms with Crippen LogP contribution in [0.4, 0.5) is 9.18 Å². The largest absolute Gasteiger partial charge is 0.356 e. The maximum atomic E-state index is 12.8. The maximum Gasteiger partial charge on any atom is 0.315 e. The number of urea groups is 1. The van der Waals surface area contributed by atoms with E-state index in [1.807, 2.05) is 6.92 Å². The molecular formula is C19H28FN3O2. The fraction of sp³-hybridized carbons (Fsp3) is 0.579. The van der Waals surface area contributed by atoms with Crippen molar-refractivity contribution < 1.29 is 14.0 Å². The third-order valence-electron chi connectivity index (χ3n) is 4.79. The lowest BCUT2D eigenvalue weighted by Gasteiger charge is -2.28. The van der Waals surface area contributed by atoms with Crippen molar-refractivity contribution >= 4 is 11.9 Å². The summed E-state index contributed by atoms with van der Waals surface area (Å²) in [5.41, 5.74) is 0.867. The van der Waals surface area contributed by atoms with Crippen LogP contribution in [-0.2, 0) is 11.3 Å². The molecule has 0 saturated heterocycles. The lowest BCUT2D eigenvalue weighted by atomic mass is 9.82. The smallest absolute Gasteiger partial charge is 0.315 e. The van der Waals surface area contributed by atoms with Gasteiger partial charge in [0.05, 0.1) is 0 Å². The van der Waals surface area contributed by atoms with Crippen molar-refractivity contribution in [3.05, 3.63) is 35.6 Å². The summed E-state index contributed by atoms with van der Waals surface area (Å²) in [7, 11) is 0. The van der Waals surface area contributed by atoms with Crippen LogP contribution in [-0.4, -0.2) is 25.0 Å². The maximum absolute atomic E-state index is 12.8. The summed E-state index contributed by atoms with van der Waals surface area (Å²) in [6.07, 6.45) is 4.86. The van der Waals surface area contributed by atoms with Gasteiger partial charge in [-0.05, 0) is 55.2 Å². The Balaban J connectivity index is 1.58. The minimum Gasteiger partial charge on any atom is -0.356 e. The van der Waals surface area contributed by atoms with Crippen molar-refractivity contribution in [2.24, 2.45) is 11.8 Å². The molecule has 0 unspecified atom stereocenters. The van der Waals surface area contributed by atoms with Crippen molar-refractivity contribution in [3.63, 3.8) is 0 Å². The van der Waals surface area contributed by atoms with Crippen LogP contribution in [0.1, 0.15) is 44.6 Å². The predicted octanol–water partition coefficient (Wildman–Crippen LogP) is 2.96. The number of rotatable bonds is 7. The molecule has 6 heteroatoms. The van der Waals surface area contributed by atoms with E-state index in [2.05, 4.69) is 16.0 Å². The topological polar surface area (TPSA) is 70.2 Å². The van der Waals surface area contributed by atoms with Gasteiger partial charge in [-0.1, -0.05) is 19.1 Å². The highest BCUT2D eigenvalue weighted by atomic mass is 19.1. The molecule has 0 bridgehead atoms. The summed E-state index contributed by atoms with van der Waals surface area (Å²) >= 11 is 0. The lowest BCUT2D eigenvalue weighted by molar-refractivity contribution is -0.121. The highest BCUT2D eigenvalue weighted by Crippen LogP contribution is 2.27. The van der Waals surface area contributed by atoms with Gasteiger partial charge < -0.3 is 16.0 Å². The van der Waals surface area contributed by atoms with Gasteiger partial charge in [0.25, 0.3) is 0 Å². The van der Waals surface area contributed by atoms with E-state index >= 15 is 0 Å². The highest BCUT2D eigenvalue weighted by Gasteiger charge is 2.21. The zero-order chi connectivity index (χ0) is 18.1. The average Bonchev–Trinajstić information content (AvgIpc) is 2.64. The van der Waals surface area contributed by atoms with Gasteiger partial charge in [0.2, 0.25) is 5.91 Å². The number of hydrogen-bond donors (Lipinski definition) is 3. The Bertz CT molecular complexity index is 554. The molecule has 25 heavy (non-hydrogen) atoms. The van der Waals surface area contributed by atoms with Crippen LogP contribution in [0.5, 0.6) is 0 Å². The number of hydrogen-bond acceptors (Lipinski definition) is 2. The Morgan fingerprint density at radius 3 is 2.08 bits per heavy atom. The average molecular weight is 349 g/mol. The number of carbonyl (C=O) groups is 2. The molecule has 0 aromatic heterocycles. The van der Waals surface area contributed by atoms with Gasteiger partial charge in [-0.15, -0.1) is 0 Å². The van der Waals surface area contributed by atoms with Gasteiger partial charge in [0.15, 0.2) is 0 Å². The molecule has 0 atom stereocenters. The van der Waals surface area contributed by atoms with Crippen molar-refractivity contribution in [3.8, 4) is 0 Å². The first-order chi connectivity index (χ1) is 12.1. The molecule has 3 amide bonds. The second-order valence-corrected chi connectivity index (χ2v) is 6.73. The Kier molecular flexibility index (Phi) is 7.70. The third kappa shape index (κ3) is 7.11. The number of benzene rings is 1. The van der Waals surface area contributed by atoms with Crippen LogP contribution in [0.2, 0.25) is 0 Å². The van der Waals surface area contributed by atoms with Crippen molar-refractivity contribution in [1.29, 1.82) is 0 Å². The first-order valence-corrected chi connectivity index (χ1v) is 9.09. The third-order valence-corrected chi connectivity index (χ3v) is 4.79. The van der Waals surface area contributed by atoms with E-state index in [4.69, 9.17) is 0 Å². The van der Waals surface area contributed by atoms with Crippen LogP contribution in [0, 0.1) is 17.7 Å². The van der Waals surface area contributed by atoms with E-state index in [-0.39, 0.29) is 17.8 Å². The summed E-state index contributed by atoms with van der Waals surface area (Å²) < 4.78 is 12.8. The quantitative estimate of drug-likeness (QED) is 0.708. The standard InChI is InChI=1S/C19H28FN3O2/c1-2-18(24)21-11-14-3-5-15(6-4-14)12-22-19(25)23-13-16-7-9-17(20)10-8-16/h7-10,14-15H,2-6,11-13H2,1H3,(H,21,24)(H2,22,23,25). The van der Waals surface area contributed by atoms with Gasteiger partial charge in [-0.25, -0.2) is 9.18 Å². The van der Waals surface area contributed by atoms with Gasteiger partial charge >= 0.3 is 6.03 Å². The molecule has 0 spiro atoms. The molecule has 5 nitrogen and oxygen atoms in total. The molecule has 1 aromatic carbocycles. The zero-order valence-electron chi connectivity index (χ0n) is 14.8. The molecule has 2 rings (SSSR count). The second-order valence-electron chi connectivity index (χ2n) is 6.73. The van der Waals surface area contributed by atoms with Gasteiger partial charge in [-0.3, -0.25) is 4.79 Å². The van der Waals surface area contributed by atoms with Crippen LogP contribution < -0.4 is 16.0 Å². The van der Waals surface area contributed by atoms with E-state index < -0.39 is 0 Å².